The number of benzene rings is 1. The lowest BCUT2D eigenvalue weighted by Crippen LogP contribution is -2.34. The van der Waals surface area contributed by atoms with E-state index in [1.54, 1.807) is 0 Å². The van der Waals surface area contributed by atoms with Crippen molar-refractivity contribution in [3.05, 3.63) is 52.7 Å². The summed E-state index contributed by atoms with van der Waals surface area (Å²) in [5, 5.41) is 4.05. The first-order valence-corrected chi connectivity index (χ1v) is 9.92. The van der Waals surface area contributed by atoms with Crippen molar-refractivity contribution in [2.75, 3.05) is 17.3 Å². The average Bonchev–Trinajstić information content (AvgIpc) is 2.59. The molecule has 1 atom stereocenters. The van der Waals surface area contributed by atoms with E-state index in [4.69, 9.17) is 5.73 Å². The van der Waals surface area contributed by atoms with E-state index in [9.17, 15) is 4.79 Å². The van der Waals surface area contributed by atoms with Crippen molar-refractivity contribution < 1.29 is 4.79 Å². The zero-order chi connectivity index (χ0) is 18.5. The van der Waals surface area contributed by atoms with Gasteiger partial charge >= 0.3 is 0 Å². The predicted molar refractivity (Wildman–Crippen MR) is 105 cm³/mol. The normalized spacial score (nSPS) is 21.0. The van der Waals surface area contributed by atoms with Gasteiger partial charge in [-0.25, -0.2) is 9.97 Å². The van der Waals surface area contributed by atoms with Crippen molar-refractivity contribution in [1.82, 2.24) is 9.97 Å². The molecule has 5 nitrogen and oxygen atoms in total. The zero-order valence-corrected chi connectivity index (χ0v) is 16.0. The molecule has 2 heterocycles. The van der Waals surface area contributed by atoms with Gasteiger partial charge in [0.25, 0.3) is 0 Å². The number of nitrogens with two attached hydrogens (primary N) is 1. The van der Waals surface area contributed by atoms with Gasteiger partial charge in [0.1, 0.15) is 11.6 Å². The highest BCUT2D eigenvalue weighted by molar-refractivity contribution is 7.98. The number of fused-ring (bicyclic) bond motifs is 1. The molecule has 134 valence electrons. The molecule has 2 aliphatic rings. The Morgan fingerprint density at radius 1 is 1.19 bits per heavy atom. The zero-order valence-electron chi connectivity index (χ0n) is 15.2. The number of nitrogens with one attached hydrogen (secondary N) is 1. The van der Waals surface area contributed by atoms with Gasteiger partial charge in [0.15, 0.2) is 10.9 Å². The Morgan fingerprint density at radius 2 is 1.92 bits per heavy atom. The lowest BCUT2D eigenvalue weighted by molar-refractivity contribution is -0.118. The highest BCUT2D eigenvalue weighted by Gasteiger charge is 2.42. The third-order valence-electron chi connectivity index (χ3n) is 5.04. The van der Waals surface area contributed by atoms with Crippen LogP contribution in [-0.2, 0) is 4.79 Å². The van der Waals surface area contributed by atoms with Crippen LogP contribution in [0.5, 0.6) is 0 Å². The average molecular weight is 366 g/mol. The maximum atomic E-state index is 13.1. The summed E-state index contributed by atoms with van der Waals surface area (Å²) in [7, 11) is 0. The summed E-state index contributed by atoms with van der Waals surface area (Å²) >= 11 is 1.46. The van der Waals surface area contributed by atoms with Gasteiger partial charge in [-0.15, -0.1) is 0 Å². The quantitative estimate of drug-likeness (QED) is 0.618. The molecular weight excluding hydrogens is 344 g/mol. The van der Waals surface area contributed by atoms with E-state index in [1.807, 2.05) is 36.6 Å². The lowest BCUT2D eigenvalue weighted by atomic mass is 9.69. The predicted octanol–water partition coefficient (Wildman–Crippen LogP) is 3.98. The SMILES string of the molecule is CSc1nc(N)c2c(n1)NC1=C(C(=O)CC(C)(C)C1)C2c1ccccc1. The minimum atomic E-state index is -0.220. The van der Waals surface area contributed by atoms with Gasteiger partial charge in [0.2, 0.25) is 0 Å². The van der Waals surface area contributed by atoms with Crippen molar-refractivity contribution in [3.63, 3.8) is 0 Å². The molecule has 3 N–H and O–H groups in total. The fourth-order valence-corrected chi connectivity index (χ4v) is 4.36. The van der Waals surface area contributed by atoms with Crippen LogP contribution in [0.1, 0.15) is 43.7 Å². The van der Waals surface area contributed by atoms with Crippen LogP contribution in [-0.4, -0.2) is 22.0 Å². The van der Waals surface area contributed by atoms with Crippen LogP contribution in [0.25, 0.3) is 0 Å². The van der Waals surface area contributed by atoms with Gasteiger partial charge < -0.3 is 11.1 Å². The molecule has 26 heavy (non-hydrogen) atoms. The van der Waals surface area contributed by atoms with Gasteiger partial charge in [-0.2, -0.15) is 0 Å². The number of hydrogen-bond donors (Lipinski definition) is 2. The topological polar surface area (TPSA) is 80.9 Å². The van der Waals surface area contributed by atoms with Crippen LogP contribution < -0.4 is 11.1 Å². The van der Waals surface area contributed by atoms with E-state index < -0.39 is 0 Å². The molecule has 0 spiro atoms. The smallest absolute Gasteiger partial charge is 0.191 e. The molecule has 4 rings (SSSR count). The molecule has 2 aromatic rings. The minimum absolute atomic E-state index is 0.0669. The maximum Gasteiger partial charge on any atom is 0.191 e. The Morgan fingerprint density at radius 3 is 2.62 bits per heavy atom. The Bertz CT molecular complexity index is 921. The van der Waals surface area contributed by atoms with E-state index in [-0.39, 0.29) is 17.1 Å². The van der Waals surface area contributed by atoms with Crippen molar-refractivity contribution >= 4 is 29.2 Å². The van der Waals surface area contributed by atoms with Crippen molar-refractivity contribution in [3.8, 4) is 0 Å². The third-order valence-corrected chi connectivity index (χ3v) is 5.58. The largest absolute Gasteiger partial charge is 0.383 e. The summed E-state index contributed by atoms with van der Waals surface area (Å²) in [5.74, 6) is 1.11. The summed E-state index contributed by atoms with van der Waals surface area (Å²) in [4.78, 5) is 22.2. The van der Waals surface area contributed by atoms with Crippen molar-refractivity contribution in [2.45, 2.75) is 37.8 Å². The molecule has 0 saturated carbocycles. The van der Waals surface area contributed by atoms with Crippen LogP contribution in [0.2, 0.25) is 0 Å². The summed E-state index contributed by atoms with van der Waals surface area (Å²) in [6.45, 7) is 4.26. The van der Waals surface area contributed by atoms with Gasteiger partial charge in [-0.1, -0.05) is 55.9 Å². The van der Waals surface area contributed by atoms with Crippen LogP contribution in [0.15, 0.2) is 46.8 Å². The molecule has 0 saturated heterocycles. The van der Waals surface area contributed by atoms with Crippen molar-refractivity contribution in [1.29, 1.82) is 0 Å². The number of allylic oxidation sites excluding steroid dienone is 2. The molecule has 1 aromatic carbocycles. The van der Waals surface area contributed by atoms with Crippen molar-refractivity contribution in [2.24, 2.45) is 5.41 Å². The van der Waals surface area contributed by atoms with Gasteiger partial charge in [0, 0.05) is 29.2 Å². The molecule has 0 fully saturated rings. The van der Waals surface area contributed by atoms with Crippen LogP contribution in [0, 0.1) is 5.41 Å². The number of thioether (sulfide) groups is 1. The van der Waals surface area contributed by atoms with E-state index >= 15 is 0 Å². The minimum Gasteiger partial charge on any atom is -0.383 e. The fourth-order valence-electron chi connectivity index (χ4n) is 3.98. The summed E-state index contributed by atoms with van der Waals surface area (Å²) in [5.41, 5.74) is 9.90. The lowest BCUT2D eigenvalue weighted by Gasteiger charge is -2.39. The molecule has 6 heteroatoms. The maximum absolute atomic E-state index is 13.1. The molecule has 1 aliphatic carbocycles. The number of rotatable bonds is 2. The number of carbonyl (C=O) groups excluding carboxylic acids is 1. The van der Waals surface area contributed by atoms with E-state index in [0.29, 0.717) is 17.4 Å². The van der Waals surface area contributed by atoms with Crippen LogP contribution in [0.4, 0.5) is 11.6 Å². The van der Waals surface area contributed by atoms with E-state index in [2.05, 4.69) is 29.1 Å². The highest BCUT2D eigenvalue weighted by atomic mass is 32.2. The fraction of sp³-hybridized carbons (Fsp3) is 0.350. The second-order valence-corrected chi connectivity index (χ2v) is 8.43. The van der Waals surface area contributed by atoms with Crippen LogP contribution >= 0.6 is 11.8 Å². The number of ketones is 1. The van der Waals surface area contributed by atoms with Crippen LogP contribution in [0.3, 0.4) is 0 Å². The molecule has 0 radical (unpaired) electrons. The highest BCUT2D eigenvalue weighted by Crippen LogP contribution is 2.49. The van der Waals surface area contributed by atoms with Gasteiger partial charge in [-0.05, 0) is 23.7 Å². The first kappa shape index (κ1) is 17.1. The molecule has 1 unspecified atom stereocenters. The van der Waals surface area contributed by atoms with E-state index in [1.165, 1.54) is 11.8 Å². The Kier molecular flexibility index (Phi) is 4.03. The number of aromatic nitrogens is 2. The molecule has 1 aromatic heterocycles. The number of nitrogens with zero attached hydrogens (tertiary/aromatic N) is 2. The summed E-state index contributed by atoms with van der Waals surface area (Å²) < 4.78 is 0. The first-order chi connectivity index (χ1) is 12.4. The number of Topliss-reactive ketones (excluding diaryl/α,β-unsaturated/α-hetero) is 1. The Balaban J connectivity index is 1.97. The first-order valence-electron chi connectivity index (χ1n) is 8.69. The summed E-state index contributed by atoms with van der Waals surface area (Å²) in [6.07, 6.45) is 3.28. The number of nitrogen functional groups attached to an aromatic ring is 1. The van der Waals surface area contributed by atoms with Gasteiger partial charge in [-0.3, -0.25) is 4.79 Å². The molecule has 0 amide bonds. The van der Waals surface area contributed by atoms with Gasteiger partial charge in [0.05, 0.1) is 0 Å². The Labute approximate surface area is 157 Å². The third kappa shape index (κ3) is 2.78. The monoisotopic (exact) mass is 366 g/mol. The second-order valence-electron chi connectivity index (χ2n) is 7.66. The number of hydrogen-bond acceptors (Lipinski definition) is 6. The number of carbonyl (C=O) groups is 1. The molecular formula is C20H22N4OS. The second kappa shape index (κ2) is 6.13. The Hall–Kier alpha value is -2.34. The molecule has 1 aliphatic heterocycles. The summed E-state index contributed by atoms with van der Waals surface area (Å²) in [6, 6.07) is 10.0. The number of anilines is 2. The standard InChI is InChI=1S/C20H22N4OS/c1-20(2)9-12-15(13(25)10-20)14(11-7-5-4-6-8-11)16-17(21)23-19(26-3)24-18(16)22-12/h4-8,14H,9-10H2,1-3H3,(H3,21,22,23,24). The molecule has 0 bridgehead atoms. The van der Waals surface area contributed by atoms with E-state index in [0.717, 1.165) is 34.6 Å².